The molecular formula is C17H30N2. The molecule has 19 heavy (non-hydrogen) atoms. The third kappa shape index (κ3) is 4.96. The van der Waals surface area contributed by atoms with E-state index in [0.29, 0.717) is 12.1 Å². The summed E-state index contributed by atoms with van der Waals surface area (Å²) < 4.78 is 0. The van der Waals surface area contributed by atoms with Crippen molar-refractivity contribution in [3.63, 3.8) is 0 Å². The van der Waals surface area contributed by atoms with E-state index in [2.05, 4.69) is 68.4 Å². The summed E-state index contributed by atoms with van der Waals surface area (Å²) in [5.74, 6) is 0. The monoisotopic (exact) mass is 262 g/mol. The van der Waals surface area contributed by atoms with Gasteiger partial charge in [0.2, 0.25) is 0 Å². The molecule has 0 spiro atoms. The van der Waals surface area contributed by atoms with Gasteiger partial charge in [0, 0.05) is 12.1 Å². The molecule has 2 atom stereocenters. The maximum atomic E-state index is 3.67. The van der Waals surface area contributed by atoms with Gasteiger partial charge < -0.3 is 10.2 Å². The van der Waals surface area contributed by atoms with Gasteiger partial charge in [-0.15, -0.1) is 0 Å². The summed E-state index contributed by atoms with van der Waals surface area (Å²) >= 11 is 0. The number of unbranched alkanes of at least 4 members (excludes halogenated alkanes) is 1. The van der Waals surface area contributed by atoms with Crippen LogP contribution in [0.5, 0.6) is 0 Å². The molecule has 0 aromatic heterocycles. The van der Waals surface area contributed by atoms with Gasteiger partial charge in [-0.25, -0.2) is 0 Å². The molecule has 0 aliphatic rings. The van der Waals surface area contributed by atoms with E-state index in [0.717, 1.165) is 6.54 Å². The predicted molar refractivity (Wildman–Crippen MR) is 84.5 cm³/mol. The summed E-state index contributed by atoms with van der Waals surface area (Å²) in [6, 6.07) is 11.8. The van der Waals surface area contributed by atoms with Gasteiger partial charge in [0.15, 0.2) is 0 Å². The first-order valence-electron chi connectivity index (χ1n) is 7.73. The van der Waals surface area contributed by atoms with Crippen molar-refractivity contribution in [3.05, 3.63) is 35.9 Å². The molecule has 1 N–H and O–H groups in total. The van der Waals surface area contributed by atoms with Crippen LogP contribution in [0.4, 0.5) is 0 Å². The molecule has 0 saturated carbocycles. The summed E-state index contributed by atoms with van der Waals surface area (Å²) in [6.07, 6.45) is 3.71. The Labute approximate surface area is 119 Å². The van der Waals surface area contributed by atoms with Gasteiger partial charge in [0.05, 0.1) is 0 Å². The molecule has 1 aromatic rings. The Balaban J connectivity index is 2.82. The molecule has 0 radical (unpaired) electrons. The second-order valence-corrected chi connectivity index (χ2v) is 5.26. The molecular weight excluding hydrogens is 232 g/mol. The Bertz CT molecular complexity index is 323. The highest BCUT2D eigenvalue weighted by molar-refractivity contribution is 5.20. The van der Waals surface area contributed by atoms with E-state index >= 15 is 0 Å². The predicted octanol–water partition coefficient (Wildman–Crippen LogP) is 3.85. The largest absolute Gasteiger partial charge is 0.309 e. The fourth-order valence-electron chi connectivity index (χ4n) is 2.73. The van der Waals surface area contributed by atoms with Crippen molar-refractivity contribution < 1.29 is 0 Å². The standard InChI is InChI=1S/C17H30N2/c1-5-8-14-19(4)16(6-2)17(18-7-3)15-12-10-9-11-13-15/h9-13,16-18H,5-8,14H2,1-4H3. The van der Waals surface area contributed by atoms with E-state index in [1.807, 2.05) is 0 Å². The molecule has 0 aliphatic heterocycles. The zero-order valence-corrected chi connectivity index (χ0v) is 13.0. The first-order valence-corrected chi connectivity index (χ1v) is 7.73. The van der Waals surface area contributed by atoms with Crippen LogP contribution in [-0.4, -0.2) is 31.1 Å². The Hall–Kier alpha value is -0.860. The van der Waals surface area contributed by atoms with E-state index in [-0.39, 0.29) is 0 Å². The maximum absolute atomic E-state index is 3.67. The fraction of sp³-hybridized carbons (Fsp3) is 0.647. The lowest BCUT2D eigenvalue weighted by molar-refractivity contribution is 0.185. The molecule has 1 rings (SSSR count). The van der Waals surface area contributed by atoms with Crippen LogP contribution in [0.2, 0.25) is 0 Å². The topological polar surface area (TPSA) is 15.3 Å². The zero-order valence-electron chi connectivity index (χ0n) is 13.0. The molecule has 2 heteroatoms. The average molecular weight is 262 g/mol. The van der Waals surface area contributed by atoms with Crippen LogP contribution in [0.25, 0.3) is 0 Å². The normalized spacial score (nSPS) is 14.6. The molecule has 0 amide bonds. The Morgan fingerprint density at radius 3 is 2.32 bits per heavy atom. The second kappa shape index (κ2) is 9.11. The van der Waals surface area contributed by atoms with Gasteiger partial charge in [-0.05, 0) is 38.5 Å². The third-order valence-electron chi connectivity index (χ3n) is 3.82. The van der Waals surface area contributed by atoms with Crippen molar-refractivity contribution in [1.29, 1.82) is 0 Å². The van der Waals surface area contributed by atoms with Crippen molar-refractivity contribution in [1.82, 2.24) is 10.2 Å². The van der Waals surface area contributed by atoms with E-state index < -0.39 is 0 Å². The van der Waals surface area contributed by atoms with E-state index in [4.69, 9.17) is 0 Å². The van der Waals surface area contributed by atoms with Crippen LogP contribution in [0.1, 0.15) is 51.6 Å². The van der Waals surface area contributed by atoms with Crippen molar-refractivity contribution >= 4 is 0 Å². The highest BCUT2D eigenvalue weighted by atomic mass is 15.2. The molecule has 0 saturated heterocycles. The van der Waals surface area contributed by atoms with Crippen LogP contribution in [0.15, 0.2) is 30.3 Å². The fourth-order valence-corrected chi connectivity index (χ4v) is 2.73. The highest BCUT2D eigenvalue weighted by Gasteiger charge is 2.24. The third-order valence-corrected chi connectivity index (χ3v) is 3.82. The van der Waals surface area contributed by atoms with E-state index in [9.17, 15) is 0 Å². The van der Waals surface area contributed by atoms with Crippen LogP contribution < -0.4 is 5.32 Å². The van der Waals surface area contributed by atoms with Gasteiger partial charge in [-0.2, -0.15) is 0 Å². The highest BCUT2D eigenvalue weighted by Crippen LogP contribution is 2.23. The minimum atomic E-state index is 0.429. The van der Waals surface area contributed by atoms with E-state index in [1.54, 1.807) is 0 Å². The number of hydrogen-bond acceptors (Lipinski definition) is 2. The molecule has 0 bridgehead atoms. The Kier molecular flexibility index (Phi) is 7.76. The number of benzene rings is 1. The van der Waals surface area contributed by atoms with Crippen LogP contribution >= 0.6 is 0 Å². The summed E-state index contributed by atoms with van der Waals surface area (Å²) in [5, 5.41) is 3.67. The molecule has 2 nitrogen and oxygen atoms in total. The smallest absolute Gasteiger partial charge is 0.0477 e. The maximum Gasteiger partial charge on any atom is 0.0477 e. The Morgan fingerprint density at radius 1 is 1.11 bits per heavy atom. The van der Waals surface area contributed by atoms with Crippen molar-refractivity contribution in [3.8, 4) is 0 Å². The number of nitrogens with one attached hydrogen (secondary N) is 1. The summed E-state index contributed by atoms with van der Waals surface area (Å²) in [4.78, 5) is 2.52. The average Bonchev–Trinajstić information content (AvgIpc) is 2.46. The van der Waals surface area contributed by atoms with Gasteiger partial charge in [-0.1, -0.05) is 57.5 Å². The lowest BCUT2D eigenvalue weighted by atomic mass is 9.96. The molecule has 0 aliphatic carbocycles. The first kappa shape index (κ1) is 16.2. The quantitative estimate of drug-likeness (QED) is 0.727. The number of likely N-dealkylation sites (N-methyl/N-ethyl adjacent to an activating group) is 2. The van der Waals surface area contributed by atoms with Crippen LogP contribution in [0, 0.1) is 0 Å². The molecule has 108 valence electrons. The lowest BCUT2D eigenvalue weighted by Crippen LogP contribution is -2.43. The number of nitrogens with zero attached hydrogens (tertiary/aromatic N) is 1. The van der Waals surface area contributed by atoms with Crippen LogP contribution in [-0.2, 0) is 0 Å². The summed E-state index contributed by atoms with van der Waals surface area (Å²) in [6.45, 7) is 8.93. The molecule has 0 heterocycles. The number of rotatable bonds is 9. The van der Waals surface area contributed by atoms with Crippen molar-refractivity contribution in [2.24, 2.45) is 0 Å². The van der Waals surface area contributed by atoms with Crippen LogP contribution in [0.3, 0.4) is 0 Å². The van der Waals surface area contributed by atoms with Crippen molar-refractivity contribution in [2.45, 2.75) is 52.1 Å². The summed E-state index contributed by atoms with van der Waals surface area (Å²) in [7, 11) is 2.26. The van der Waals surface area contributed by atoms with E-state index in [1.165, 1.54) is 31.4 Å². The van der Waals surface area contributed by atoms with Gasteiger partial charge >= 0.3 is 0 Å². The van der Waals surface area contributed by atoms with Gasteiger partial charge in [0.25, 0.3) is 0 Å². The molecule has 0 fully saturated rings. The minimum absolute atomic E-state index is 0.429. The first-order chi connectivity index (χ1) is 9.24. The summed E-state index contributed by atoms with van der Waals surface area (Å²) in [5.41, 5.74) is 1.40. The molecule has 1 aromatic carbocycles. The van der Waals surface area contributed by atoms with Crippen molar-refractivity contribution in [2.75, 3.05) is 20.1 Å². The lowest BCUT2D eigenvalue weighted by Gasteiger charge is -2.35. The minimum Gasteiger partial charge on any atom is -0.309 e. The SMILES string of the molecule is CCCCN(C)C(CC)C(NCC)c1ccccc1. The van der Waals surface area contributed by atoms with Gasteiger partial charge in [0.1, 0.15) is 0 Å². The second-order valence-electron chi connectivity index (χ2n) is 5.26. The number of hydrogen-bond donors (Lipinski definition) is 1. The molecule has 2 unspecified atom stereocenters. The van der Waals surface area contributed by atoms with Gasteiger partial charge in [-0.3, -0.25) is 0 Å². The zero-order chi connectivity index (χ0) is 14.1. The Morgan fingerprint density at radius 2 is 1.79 bits per heavy atom.